The Balaban J connectivity index is 1.88. The van der Waals surface area contributed by atoms with E-state index < -0.39 is 5.97 Å². The Bertz CT molecular complexity index is 752. The molecule has 0 bridgehead atoms. The number of nitrogens with one attached hydrogen (secondary N) is 2. The van der Waals surface area contributed by atoms with Crippen molar-refractivity contribution in [3.63, 3.8) is 0 Å². The molecule has 0 aliphatic heterocycles. The fraction of sp³-hybridized carbons (Fsp3) is 0.357. The van der Waals surface area contributed by atoms with Gasteiger partial charge in [0.2, 0.25) is 11.8 Å². The van der Waals surface area contributed by atoms with E-state index >= 15 is 0 Å². The summed E-state index contributed by atoms with van der Waals surface area (Å²) in [5.41, 5.74) is 0.529. The van der Waals surface area contributed by atoms with Gasteiger partial charge >= 0.3 is 5.97 Å². The number of thiazole rings is 1. The summed E-state index contributed by atoms with van der Waals surface area (Å²) < 4.78 is 1.21. The van der Waals surface area contributed by atoms with E-state index in [4.69, 9.17) is 5.11 Å². The third-order valence-electron chi connectivity index (χ3n) is 2.85. The van der Waals surface area contributed by atoms with Gasteiger partial charge in [0, 0.05) is 23.6 Å². The Morgan fingerprint density at radius 3 is 2.75 bits per heavy atom. The molecule has 128 valence electrons. The molecular formula is C14H17N5O4S. The molecule has 0 saturated heterocycles. The standard InChI is InChI=1S/C14H17N5O4S/c1-8(2)13(23)17-14-15-9(7-24-14)5-11(20)16-10-3-4-19(18-10)6-12(21)22/h3-4,7-8H,5-6H2,1-2H3,(H,21,22)(H,15,17,23)(H,16,18,20). The zero-order valence-electron chi connectivity index (χ0n) is 13.1. The van der Waals surface area contributed by atoms with Gasteiger partial charge in [-0.15, -0.1) is 11.3 Å². The van der Waals surface area contributed by atoms with Crippen LogP contribution in [0.15, 0.2) is 17.6 Å². The van der Waals surface area contributed by atoms with E-state index in [9.17, 15) is 14.4 Å². The van der Waals surface area contributed by atoms with Gasteiger partial charge in [0.1, 0.15) is 6.54 Å². The fourth-order valence-electron chi connectivity index (χ4n) is 1.70. The number of carbonyl (C=O) groups is 3. The van der Waals surface area contributed by atoms with E-state index in [1.54, 1.807) is 19.2 Å². The van der Waals surface area contributed by atoms with E-state index in [1.165, 1.54) is 28.3 Å². The van der Waals surface area contributed by atoms with Gasteiger partial charge in [0.25, 0.3) is 0 Å². The first-order valence-electron chi connectivity index (χ1n) is 7.14. The molecular weight excluding hydrogens is 334 g/mol. The number of carbonyl (C=O) groups excluding carboxylic acids is 2. The van der Waals surface area contributed by atoms with Crippen LogP contribution in [0.2, 0.25) is 0 Å². The van der Waals surface area contributed by atoms with Crippen LogP contribution < -0.4 is 10.6 Å². The van der Waals surface area contributed by atoms with E-state index in [-0.39, 0.29) is 36.5 Å². The van der Waals surface area contributed by atoms with Gasteiger partial charge in [-0.3, -0.25) is 19.1 Å². The normalized spacial score (nSPS) is 10.6. The maximum atomic E-state index is 12.0. The lowest BCUT2D eigenvalue weighted by Crippen LogP contribution is -2.18. The van der Waals surface area contributed by atoms with Crippen molar-refractivity contribution in [2.75, 3.05) is 10.6 Å². The summed E-state index contributed by atoms with van der Waals surface area (Å²) in [4.78, 5) is 38.3. The topological polar surface area (TPSA) is 126 Å². The first-order chi connectivity index (χ1) is 11.3. The van der Waals surface area contributed by atoms with Crippen molar-refractivity contribution in [3.8, 4) is 0 Å². The molecule has 0 aliphatic carbocycles. The Labute approximate surface area is 141 Å². The predicted octanol–water partition coefficient (Wildman–Crippen LogP) is 1.20. The monoisotopic (exact) mass is 351 g/mol. The van der Waals surface area contributed by atoms with Gasteiger partial charge < -0.3 is 15.7 Å². The minimum absolute atomic E-state index is 0.0276. The van der Waals surface area contributed by atoms with Crippen molar-refractivity contribution < 1.29 is 19.5 Å². The highest BCUT2D eigenvalue weighted by atomic mass is 32.1. The smallest absolute Gasteiger partial charge is 0.325 e. The van der Waals surface area contributed by atoms with E-state index in [1.807, 2.05) is 0 Å². The average Bonchev–Trinajstić information content (AvgIpc) is 3.08. The number of carboxylic acids is 1. The number of amides is 2. The van der Waals surface area contributed by atoms with E-state index in [2.05, 4.69) is 20.7 Å². The zero-order chi connectivity index (χ0) is 17.7. The molecule has 0 fully saturated rings. The summed E-state index contributed by atoms with van der Waals surface area (Å²) in [6.45, 7) is 3.28. The molecule has 24 heavy (non-hydrogen) atoms. The quantitative estimate of drug-likeness (QED) is 0.688. The minimum Gasteiger partial charge on any atom is -0.480 e. The number of carboxylic acid groups (broad SMARTS) is 1. The van der Waals surface area contributed by atoms with Crippen LogP contribution >= 0.6 is 11.3 Å². The molecule has 0 radical (unpaired) electrons. The van der Waals surface area contributed by atoms with Gasteiger partial charge in [-0.25, -0.2) is 4.98 Å². The van der Waals surface area contributed by atoms with E-state index in [0.717, 1.165) is 0 Å². The van der Waals surface area contributed by atoms with Crippen LogP contribution in [0, 0.1) is 5.92 Å². The second kappa shape index (κ2) is 7.68. The SMILES string of the molecule is CC(C)C(=O)Nc1nc(CC(=O)Nc2ccn(CC(=O)O)n2)cs1. The summed E-state index contributed by atoms with van der Waals surface area (Å²) >= 11 is 1.25. The molecule has 0 aromatic carbocycles. The molecule has 2 heterocycles. The molecule has 0 aliphatic rings. The molecule has 0 saturated carbocycles. The Kier molecular flexibility index (Phi) is 5.64. The third kappa shape index (κ3) is 5.16. The third-order valence-corrected chi connectivity index (χ3v) is 3.66. The lowest BCUT2D eigenvalue weighted by Gasteiger charge is -2.03. The number of rotatable bonds is 7. The zero-order valence-corrected chi connectivity index (χ0v) is 14.0. The molecule has 9 nitrogen and oxygen atoms in total. The van der Waals surface area contributed by atoms with Gasteiger partial charge in [-0.1, -0.05) is 13.8 Å². The summed E-state index contributed by atoms with van der Waals surface area (Å²) in [6, 6.07) is 1.51. The number of aromatic nitrogens is 3. The molecule has 0 atom stereocenters. The highest BCUT2D eigenvalue weighted by molar-refractivity contribution is 7.13. The van der Waals surface area contributed by atoms with Crippen LogP contribution in [-0.2, 0) is 27.3 Å². The van der Waals surface area contributed by atoms with Crippen molar-refractivity contribution in [1.82, 2.24) is 14.8 Å². The number of hydrogen-bond acceptors (Lipinski definition) is 6. The van der Waals surface area contributed by atoms with Gasteiger partial charge in [0.05, 0.1) is 12.1 Å². The molecule has 2 rings (SSSR count). The average molecular weight is 351 g/mol. The van der Waals surface area contributed by atoms with Gasteiger partial charge in [-0.05, 0) is 0 Å². The summed E-state index contributed by atoms with van der Waals surface area (Å²) in [7, 11) is 0. The van der Waals surface area contributed by atoms with E-state index in [0.29, 0.717) is 10.8 Å². The molecule has 3 N–H and O–H groups in total. The molecule has 2 aromatic heterocycles. The lowest BCUT2D eigenvalue weighted by atomic mass is 10.2. The van der Waals surface area contributed by atoms with Crippen LogP contribution in [0.5, 0.6) is 0 Å². The number of aliphatic carboxylic acids is 1. The van der Waals surface area contributed by atoms with Gasteiger partial charge in [-0.2, -0.15) is 5.10 Å². The van der Waals surface area contributed by atoms with Crippen molar-refractivity contribution in [2.24, 2.45) is 5.92 Å². The molecule has 2 amide bonds. The van der Waals surface area contributed by atoms with Crippen LogP contribution in [-0.4, -0.2) is 37.7 Å². The molecule has 2 aromatic rings. The first kappa shape index (κ1) is 17.6. The predicted molar refractivity (Wildman–Crippen MR) is 87.8 cm³/mol. The lowest BCUT2D eigenvalue weighted by molar-refractivity contribution is -0.137. The second-order valence-electron chi connectivity index (χ2n) is 5.31. The maximum absolute atomic E-state index is 12.0. The largest absolute Gasteiger partial charge is 0.480 e. The van der Waals surface area contributed by atoms with Crippen molar-refractivity contribution in [3.05, 3.63) is 23.3 Å². The fourth-order valence-corrected chi connectivity index (χ4v) is 2.42. The first-order valence-corrected chi connectivity index (χ1v) is 8.02. The molecule has 0 spiro atoms. The highest BCUT2D eigenvalue weighted by Crippen LogP contribution is 2.17. The minimum atomic E-state index is -1.02. The van der Waals surface area contributed by atoms with Crippen LogP contribution in [0.4, 0.5) is 10.9 Å². The number of anilines is 2. The Hall–Kier alpha value is -2.75. The van der Waals surface area contributed by atoms with Crippen LogP contribution in [0.1, 0.15) is 19.5 Å². The Morgan fingerprint density at radius 1 is 1.33 bits per heavy atom. The Morgan fingerprint density at radius 2 is 2.08 bits per heavy atom. The second-order valence-corrected chi connectivity index (χ2v) is 6.16. The van der Waals surface area contributed by atoms with Crippen molar-refractivity contribution in [2.45, 2.75) is 26.8 Å². The summed E-state index contributed by atoms with van der Waals surface area (Å²) in [5.74, 6) is -1.37. The molecule has 10 heteroatoms. The number of hydrogen-bond donors (Lipinski definition) is 3. The van der Waals surface area contributed by atoms with Crippen molar-refractivity contribution >= 4 is 40.1 Å². The van der Waals surface area contributed by atoms with Gasteiger partial charge in [0.15, 0.2) is 10.9 Å². The molecule has 0 unspecified atom stereocenters. The highest BCUT2D eigenvalue weighted by Gasteiger charge is 2.13. The summed E-state index contributed by atoms with van der Waals surface area (Å²) in [5, 5.41) is 20.0. The maximum Gasteiger partial charge on any atom is 0.325 e. The van der Waals surface area contributed by atoms with Crippen LogP contribution in [0.3, 0.4) is 0 Å². The number of nitrogens with zero attached hydrogens (tertiary/aromatic N) is 3. The van der Waals surface area contributed by atoms with Crippen LogP contribution in [0.25, 0.3) is 0 Å². The summed E-state index contributed by atoms with van der Waals surface area (Å²) in [6.07, 6.45) is 1.49. The van der Waals surface area contributed by atoms with Crippen molar-refractivity contribution in [1.29, 1.82) is 0 Å².